The molecule has 0 fully saturated rings. The van der Waals surface area contributed by atoms with Gasteiger partial charge in [0, 0.05) is 24.8 Å². The molecule has 1 aromatic rings. The number of hydrogen-bond donors (Lipinski definition) is 1. The van der Waals surface area contributed by atoms with Gasteiger partial charge < -0.3 is 10.0 Å². The van der Waals surface area contributed by atoms with Crippen molar-refractivity contribution in [2.75, 3.05) is 12.8 Å². The van der Waals surface area contributed by atoms with E-state index >= 15 is 0 Å². The van der Waals surface area contributed by atoms with Crippen molar-refractivity contribution in [3.63, 3.8) is 0 Å². The minimum Gasteiger partial charge on any atom is -0.481 e. The van der Waals surface area contributed by atoms with Crippen molar-refractivity contribution < 1.29 is 23.5 Å². The van der Waals surface area contributed by atoms with Crippen LogP contribution in [0.2, 0.25) is 0 Å². The van der Waals surface area contributed by atoms with Gasteiger partial charge in [0.15, 0.2) is 11.6 Å². The minimum absolute atomic E-state index is 0.0360. The number of hydrogen-bond acceptors (Lipinski definition) is 3. The molecule has 0 radical (unpaired) electrons. The van der Waals surface area contributed by atoms with Crippen molar-refractivity contribution in [1.82, 2.24) is 4.90 Å². The number of carboxylic acids is 1. The summed E-state index contributed by atoms with van der Waals surface area (Å²) >= 11 is 1.53. The van der Waals surface area contributed by atoms with Crippen LogP contribution in [0, 0.1) is 11.6 Å². The maximum Gasteiger partial charge on any atom is 0.305 e. The average Bonchev–Trinajstić information content (AvgIpc) is 2.46. The van der Waals surface area contributed by atoms with Crippen LogP contribution in [0.3, 0.4) is 0 Å². The van der Waals surface area contributed by atoms with Crippen LogP contribution in [0.5, 0.6) is 0 Å². The largest absolute Gasteiger partial charge is 0.481 e. The summed E-state index contributed by atoms with van der Waals surface area (Å²) < 4.78 is 26.2. The number of aliphatic carboxylic acids is 1. The van der Waals surface area contributed by atoms with Gasteiger partial charge in [-0.05, 0) is 24.0 Å². The molecule has 1 amide bonds. The third-order valence-electron chi connectivity index (χ3n) is 3.17. The Labute approximate surface area is 132 Å². The van der Waals surface area contributed by atoms with Crippen molar-refractivity contribution in [1.29, 1.82) is 0 Å². The average molecular weight is 331 g/mol. The van der Waals surface area contributed by atoms with Gasteiger partial charge in [-0.1, -0.05) is 13.0 Å². The molecule has 0 spiro atoms. The molecule has 122 valence electrons. The second-order valence-electron chi connectivity index (χ2n) is 4.96. The lowest BCUT2D eigenvalue weighted by Gasteiger charge is -2.23. The predicted molar refractivity (Wildman–Crippen MR) is 81.6 cm³/mol. The molecule has 1 aromatic carbocycles. The van der Waals surface area contributed by atoms with Gasteiger partial charge in [-0.15, -0.1) is 0 Å². The maximum absolute atomic E-state index is 13.2. The first-order chi connectivity index (χ1) is 10.3. The number of carbonyl (C=O) groups is 2. The number of rotatable bonds is 8. The molecular weight excluding hydrogens is 312 g/mol. The Balaban J connectivity index is 2.81. The van der Waals surface area contributed by atoms with Crippen LogP contribution in [0.15, 0.2) is 18.2 Å². The molecule has 0 aromatic heterocycles. The van der Waals surface area contributed by atoms with Gasteiger partial charge in [-0.2, -0.15) is 11.8 Å². The number of nitrogens with zero attached hydrogens (tertiary/aromatic N) is 1. The van der Waals surface area contributed by atoms with Crippen molar-refractivity contribution in [3.8, 4) is 0 Å². The molecule has 0 aliphatic carbocycles. The molecule has 1 N–H and O–H groups in total. The fourth-order valence-electron chi connectivity index (χ4n) is 1.84. The lowest BCUT2D eigenvalue weighted by molar-refractivity contribution is -0.138. The third-order valence-corrected chi connectivity index (χ3v) is 4.14. The smallest absolute Gasteiger partial charge is 0.305 e. The Kier molecular flexibility index (Phi) is 7.31. The predicted octanol–water partition coefficient (Wildman–Crippen LogP) is 2.91. The summed E-state index contributed by atoms with van der Waals surface area (Å²) in [6.45, 7) is 1.99. The monoisotopic (exact) mass is 331 g/mol. The van der Waals surface area contributed by atoms with E-state index in [1.165, 1.54) is 22.7 Å². The molecule has 0 bridgehead atoms. The van der Waals surface area contributed by atoms with Gasteiger partial charge in [0.2, 0.25) is 5.91 Å². The number of halogens is 2. The van der Waals surface area contributed by atoms with Gasteiger partial charge in [0.25, 0.3) is 0 Å². The number of benzene rings is 1. The minimum atomic E-state index is -1.01. The Morgan fingerprint density at radius 3 is 2.55 bits per heavy atom. The van der Waals surface area contributed by atoms with Gasteiger partial charge >= 0.3 is 5.97 Å². The molecule has 0 heterocycles. The van der Waals surface area contributed by atoms with Crippen LogP contribution < -0.4 is 0 Å². The molecule has 7 heteroatoms. The standard InChI is InChI=1S/C15H19F2NO3S/c1-10(22-2)7-14(19)18(6-5-15(20)21)9-11-3-4-12(16)13(17)8-11/h3-4,8,10H,5-7,9H2,1-2H3,(H,20,21). The summed E-state index contributed by atoms with van der Waals surface area (Å²) in [6, 6.07) is 3.40. The van der Waals surface area contributed by atoms with Crippen LogP contribution in [-0.4, -0.2) is 39.9 Å². The van der Waals surface area contributed by atoms with Gasteiger partial charge in [0.05, 0.1) is 6.42 Å². The highest BCUT2D eigenvalue weighted by molar-refractivity contribution is 7.99. The lowest BCUT2D eigenvalue weighted by atomic mass is 10.1. The zero-order valence-corrected chi connectivity index (χ0v) is 13.3. The summed E-state index contributed by atoms with van der Waals surface area (Å²) in [7, 11) is 0. The SMILES string of the molecule is CSC(C)CC(=O)N(CCC(=O)O)Cc1ccc(F)c(F)c1. The van der Waals surface area contributed by atoms with E-state index in [1.54, 1.807) is 0 Å². The normalized spacial score (nSPS) is 12.0. The molecule has 1 rings (SSSR count). The Hall–Kier alpha value is -1.63. The number of carbonyl (C=O) groups excluding carboxylic acids is 1. The molecular formula is C15H19F2NO3S. The van der Waals surface area contributed by atoms with Crippen molar-refractivity contribution >= 4 is 23.6 Å². The summed E-state index contributed by atoms with van der Waals surface area (Å²) in [4.78, 5) is 24.3. The van der Waals surface area contributed by atoms with Crippen LogP contribution in [0.4, 0.5) is 8.78 Å². The lowest BCUT2D eigenvalue weighted by Crippen LogP contribution is -2.34. The maximum atomic E-state index is 13.2. The van der Waals surface area contributed by atoms with Crippen molar-refractivity contribution in [2.45, 2.75) is 31.6 Å². The summed E-state index contributed by atoms with van der Waals surface area (Å²) in [5.41, 5.74) is 0.425. The first-order valence-electron chi connectivity index (χ1n) is 6.79. The molecule has 4 nitrogen and oxygen atoms in total. The molecule has 0 saturated carbocycles. The zero-order valence-electron chi connectivity index (χ0n) is 12.5. The third kappa shape index (κ3) is 6.01. The van der Waals surface area contributed by atoms with Crippen molar-refractivity contribution in [3.05, 3.63) is 35.4 Å². The molecule has 0 saturated heterocycles. The Morgan fingerprint density at radius 2 is 2.00 bits per heavy atom. The summed E-state index contributed by atoms with van der Waals surface area (Å²) in [6.07, 6.45) is 1.96. The van der Waals surface area contributed by atoms with E-state index in [0.29, 0.717) is 5.56 Å². The summed E-state index contributed by atoms with van der Waals surface area (Å²) in [5, 5.41) is 8.87. The summed E-state index contributed by atoms with van der Waals surface area (Å²) in [5.74, 6) is -3.15. The molecule has 22 heavy (non-hydrogen) atoms. The highest BCUT2D eigenvalue weighted by Crippen LogP contribution is 2.15. The molecule has 1 atom stereocenters. The fraction of sp³-hybridized carbons (Fsp3) is 0.467. The first kappa shape index (κ1) is 18.4. The number of thioether (sulfide) groups is 1. The highest BCUT2D eigenvalue weighted by Gasteiger charge is 2.18. The van der Waals surface area contributed by atoms with Crippen LogP contribution in [0.1, 0.15) is 25.3 Å². The van der Waals surface area contributed by atoms with E-state index in [0.717, 1.165) is 12.1 Å². The van der Waals surface area contributed by atoms with E-state index in [4.69, 9.17) is 5.11 Å². The van der Waals surface area contributed by atoms with Gasteiger partial charge in [-0.3, -0.25) is 9.59 Å². The van der Waals surface area contributed by atoms with E-state index in [9.17, 15) is 18.4 Å². The van der Waals surface area contributed by atoms with E-state index < -0.39 is 17.6 Å². The Morgan fingerprint density at radius 1 is 1.32 bits per heavy atom. The number of carboxylic acid groups (broad SMARTS) is 1. The van der Waals surface area contributed by atoms with Gasteiger partial charge in [-0.25, -0.2) is 8.78 Å². The molecule has 0 aliphatic heterocycles. The zero-order chi connectivity index (χ0) is 16.7. The Bertz CT molecular complexity index is 540. The topological polar surface area (TPSA) is 57.6 Å². The molecule has 1 unspecified atom stereocenters. The van der Waals surface area contributed by atoms with E-state index in [2.05, 4.69) is 0 Å². The van der Waals surface area contributed by atoms with Crippen molar-refractivity contribution in [2.24, 2.45) is 0 Å². The van der Waals surface area contributed by atoms with Gasteiger partial charge in [0.1, 0.15) is 0 Å². The first-order valence-corrected chi connectivity index (χ1v) is 8.08. The quantitative estimate of drug-likeness (QED) is 0.796. The number of amides is 1. The molecule has 0 aliphatic rings. The second-order valence-corrected chi connectivity index (χ2v) is 6.23. The van der Waals surface area contributed by atoms with E-state index in [-0.39, 0.29) is 37.1 Å². The fourth-order valence-corrected chi connectivity index (χ4v) is 2.15. The van der Waals surface area contributed by atoms with Crippen LogP contribution >= 0.6 is 11.8 Å². The highest BCUT2D eigenvalue weighted by atomic mass is 32.2. The van der Waals surface area contributed by atoms with E-state index in [1.807, 2.05) is 13.2 Å². The van der Waals surface area contributed by atoms with Crippen LogP contribution in [0.25, 0.3) is 0 Å². The van der Waals surface area contributed by atoms with Crippen LogP contribution in [-0.2, 0) is 16.1 Å². The second kappa shape index (κ2) is 8.73.